The van der Waals surface area contributed by atoms with Crippen molar-refractivity contribution in [1.29, 1.82) is 0 Å². The topological polar surface area (TPSA) is 58.6 Å². The van der Waals surface area contributed by atoms with Crippen LogP contribution >= 0.6 is 23.2 Å². The summed E-state index contributed by atoms with van der Waals surface area (Å²) >= 11 is 11.4. The minimum atomic E-state index is 0.0194. The van der Waals surface area contributed by atoms with E-state index in [1.54, 1.807) is 6.07 Å². The summed E-state index contributed by atoms with van der Waals surface area (Å²) in [6.45, 7) is 0. The first-order chi connectivity index (χ1) is 6.15. The van der Waals surface area contributed by atoms with Gasteiger partial charge in [-0.2, -0.15) is 5.10 Å². The third-order valence-corrected chi connectivity index (χ3v) is 2.03. The highest BCUT2D eigenvalue weighted by atomic mass is 35.5. The maximum atomic E-state index is 9.46. The van der Waals surface area contributed by atoms with Crippen molar-refractivity contribution in [3.05, 3.63) is 27.7 Å². The molecular weight excluding hydrogens is 211 g/mol. The summed E-state index contributed by atoms with van der Waals surface area (Å²) < 4.78 is 0. The van der Waals surface area contributed by atoms with E-state index in [2.05, 4.69) is 5.10 Å². The van der Waals surface area contributed by atoms with Gasteiger partial charge in [-0.3, -0.25) is 0 Å². The molecule has 5 heteroatoms. The van der Waals surface area contributed by atoms with Gasteiger partial charge in [-0.1, -0.05) is 23.2 Å². The van der Waals surface area contributed by atoms with Gasteiger partial charge >= 0.3 is 0 Å². The number of rotatable bonds is 2. The summed E-state index contributed by atoms with van der Waals surface area (Å²) in [5.41, 5.74) is 0.603. The van der Waals surface area contributed by atoms with Crippen LogP contribution in [0.1, 0.15) is 5.56 Å². The Morgan fingerprint density at radius 1 is 1.46 bits per heavy atom. The van der Waals surface area contributed by atoms with Gasteiger partial charge in [0, 0.05) is 23.2 Å². The quantitative estimate of drug-likeness (QED) is 0.455. The van der Waals surface area contributed by atoms with Crippen LogP contribution in [0.4, 0.5) is 0 Å². The molecule has 0 fully saturated rings. The van der Waals surface area contributed by atoms with Crippen LogP contribution in [0.3, 0.4) is 0 Å². The smallest absolute Gasteiger partial charge is 0.137 e. The molecule has 0 amide bonds. The molecule has 3 nitrogen and oxygen atoms in total. The van der Waals surface area contributed by atoms with Crippen molar-refractivity contribution >= 4 is 29.4 Å². The minimum Gasteiger partial charge on any atom is -0.506 e. The number of phenolic OH excluding ortho intramolecular Hbond substituents is 1. The third kappa shape index (κ3) is 2.50. The van der Waals surface area contributed by atoms with Crippen molar-refractivity contribution in [3.8, 4) is 5.75 Å². The molecule has 0 aliphatic carbocycles. The Balaban J connectivity index is 3.05. The molecule has 0 spiro atoms. The number of nitrogens with zero attached hydrogens (tertiary/aromatic N) is 1. The van der Waals surface area contributed by atoms with Gasteiger partial charge < -0.3 is 10.9 Å². The molecule has 3 N–H and O–H groups in total. The van der Waals surface area contributed by atoms with E-state index in [9.17, 15) is 5.11 Å². The van der Waals surface area contributed by atoms with Crippen LogP contribution in [0.5, 0.6) is 5.75 Å². The lowest BCUT2D eigenvalue weighted by Gasteiger charge is -2.03. The van der Waals surface area contributed by atoms with Gasteiger partial charge in [-0.05, 0) is 12.1 Å². The molecular formula is C8H8Cl2N2O. The lowest BCUT2D eigenvalue weighted by molar-refractivity contribution is 0.470. The molecule has 13 heavy (non-hydrogen) atoms. The molecule has 1 aromatic rings. The number of halogens is 2. The second kappa shape index (κ2) is 4.35. The number of nitrogens with two attached hydrogens (primary N) is 1. The monoisotopic (exact) mass is 218 g/mol. The van der Waals surface area contributed by atoms with Gasteiger partial charge in [0.05, 0.1) is 5.02 Å². The van der Waals surface area contributed by atoms with Crippen LogP contribution in [0, 0.1) is 0 Å². The average molecular weight is 219 g/mol. The van der Waals surface area contributed by atoms with Crippen LogP contribution in [0.15, 0.2) is 17.2 Å². The first-order valence-electron chi connectivity index (χ1n) is 3.53. The standard InChI is InChI=1S/C8H8Cl2N2O/c9-6-3-5(1-2-12-11)8(13)7(10)4-6/h2-4,13H,1,11H2. The van der Waals surface area contributed by atoms with Crippen molar-refractivity contribution < 1.29 is 5.11 Å². The van der Waals surface area contributed by atoms with E-state index in [1.807, 2.05) is 0 Å². The van der Waals surface area contributed by atoms with Gasteiger partial charge in [0.15, 0.2) is 0 Å². The van der Waals surface area contributed by atoms with Crippen LogP contribution in [-0.4, -0.2) is 11.3 Å². The molecule has 0 aliphatic rings. The summed E-state index contributed by atoms with van der Waals surface area (Å²) in [5.74, 6) is 4.94. The molecule has 70 valence electrons. The highest BCUT2D eigenvalue weighted by Crippen LogP contribution is 2.30. The van der Waals surface area contributed by atoms with Crippen LogP contribution in [-0.2, 0) is 6.42 Å². The van der Waals surface area contributed by atoms with Gasteiger partial charge in [-0.15, -0.1) is 0 Å². The number of aromatic hydroxyl groups is 1. The minimum absolute atomic E-state index is 0.0194. The zero-order valence-corrected chi connectivity index (χ0v) is 8.18. The normalized spacial score (nSPS) is 10.9. The number of hydrogen-bond donors (Lipinski definition) is 2. The predicted molar refractivity (Wildman–Crippen MR) is 54.5 cm³/mol. The summed E-state index contributed by atoms with van der Waals surface area (Å²) in [6.07, 6.45) is 1.87. The fraction of sp³-hybridized carbons (Fsp3) is 0.125. The molecule has 0 atom stereocenters. The van der Waals surface area contributed by atoms with Gasteiger partial charge in [0.2, 0.25) is 0 Å². The fourth-order valence-electron chi connectivity index (χ4n) is 0.926. The van der Waals surface area contributed by atoms with Crippen molar-refractivity contribution in [2.75, 3.05) is 0 Å². The number of hydrazone groups is 1. The molecule has 1 rings (SSSR count). The molecule has 0 aliphatic heterocycles. The first kappa shape index (κ1) is 10.2. The Bertz CT molecular complexity index is 339. The van der Waals surface area contributed by atoms with Crippen molar-refractivity contribution in [1.82, 2.24) is 0 Å². The van der Waals surface area contributed by atoms with E-state index in [0.717, 1.165) is 0 Å². The molecule has 0 saturated carbocycles. The maximum Gasteiger partial charge on any atom is 0.137 e. The fourth-order valence-corrected chi connectivity index (χ4v) is 1.46. The van der Waals surface area contributed by atoms with E-state index < -0.39 is 0 Å². The second-order valence-corrected chi connectivity index (χ2v) is 3.27. The van der Waals surface area contributed by atoms with E-state index in [1.165, 1.54) is 12.3 Å². The lowest BCUT2D eigenvalue weighted by Crippen LogP contribution is -1.91. The van der Waals surface area contributed by atoms with Crippen molar-refractivity contribution in [3.63, 3.8) is 0 Å². The van der Waals surface area contributed by atoms with Gasteiger partial charge in [0.25, 0.3) is 0 Å². The van der Waals surface area contributed by atoms with Gasteiger partial charge in [0.1, 0.15) is 5.75 Å². The molecule has 0 heterocycles. The van der Waals surface area contributed by atoms with Crippen LogP contribution in [0.25, 0.3) is 0 Å². The summed E-state index contributed by atoms with van der Waals surface area (Å²) in [7, 11) is 0. The largest absolute Gasteiger partial charge is 0.506 e. The predicted octanol–water partition coefficient (Wildman–Crippen LogP) is 2.19. The van der Waals surface area contributed by atoms with E-state index in [4.69, 9.17) is 29.0 Å². The van der Waals surface area contributed by atoms with E-state index >= 15 is 0 Å². The zero-order valence-electron chi connectivity index (χ0n) is 6.67. The lowest BCUT2D eigenvalue weighted by atomic mass is 10.1. The Morgan fingerprint density at radius 2 is 2.15 bits per heavy atom. The molecule has 1 aromatic carbocycles. The summed E-state index contributed by atoms with van der Waals surface area (Å²) in [5, 5.41) is 13.5. The Hall–Kier alpha value is -0.930. The highest BCUT2D eigenvalue weighted by molar-refractivity contribution is 6.35. The summed E-state index contributed by atoms with van der Waals surface area (Å²) in [6, 6.07) is 3.09. The Kier molecular flexibility index (Phi) is 3.39. The number of hydrogen-bond acceptors (Lipinski definition) is 3. The molecule has 0 aromatic heterocycles. The SMILES string of the molecule is NN=CCc1cc(Cl)cc(Cl)c1O. The molecule has 0 bridgehead atoms. The maximum absolute atomic E-state index is 9.46. The van der Waals surface area contributed by atoms with Gasteiger partial charge in [-0.25, -0.2) is 0 Å². The average Bonchev–Trinajstić information content (AvgIpc) is 2.09. The third-order valence-electron chi connectivity index (χ3n) is 1.52. The zero-order chi connectivity index (χ0) is 9.84. The van der Waals surface area contributed by atoms with Crippen molar-refractivity contribution in [2.45, 2.75) is 6.42 Å². The molecule has 0 saturated heterocycles. The Morgan fingerprint density at radius 3 is 2.77 bits per heavy atom. The first-order valence-corrected chi connectivity index (χ1v) is 4.29. The second-order valence-electron chi connectivity index (χ2n) is 2.43. The van der Waals surface area contributed by atoms with Crippen LogP contribution in [0.2, 0.25) is 10.0 Å². The van der Waals surface area contributed by atoms with E-state index in [0.29, 0.717) is 17.0 Å². The number of phenols is 1. The Labute approximate surface area is 85.8 Å². The van der Waals surface area contributed by atoms with Crippen LogP contribution < -0.4 is 5.84 Å². The number of benzene rings is 1. The van der Waals surface area contributed by atoms with E-state index in [-0.39, 0.29) is 10.8 Å². The molecule has 0 unspecified atom stereocenters. The van der Waals surface area contributed by atoms with Crippen molar-refractivity contribution in [2.24, 2.45) is 10.9 Å². The summed E-state index contributed by atoms with van der Waals surface area (Å²) in [4.78, 5) is 0. The highest BCUT2D eigenvalue weighted by Gasteiger charge is 2.06. The molecule has 0 radical (unpaired) electrons.